The summed E-state index contributed by atoms with van der Waals surface area (Å²) in [5.74, 6) is -2.09. The summed E-state index contributed by atoms with van der Waals surface area (Å²) in [6.07, 6.45) is 0.154. The maximum atomic E-state index is 14.0. The fourth-order valence-corrected chi connectivity index (χ4v) is 2.29. The molecule has 1 aromatic rings. The van der Waals surface area contributed by atoms with E-state index in [-0.39, 0.29) is 30.9 Å². The van der Waals surface area contributed by atoms with Crippen molar-refractivity contribution in [3.8, 4) is 5.75 Å². The van der Waals surface area contributed by atoms with Gasteiger partial charge in [-0.15, -0.1) is 0 Å². The molecule has 114 valence electrons. The van der Waals surface area contributed by atoms with Crippen molar-refractivity contribution in [2.45, 2.75) is 12.0 Å². The third-order valence-electron chi connectivity index (χ3n) is 3.51. The van der Waals surface area contributed by atoms with Gasteiger partial charge in [0.05, 0.1) is 23.8 Å². The first-order chi connectivity index (χ1) is 9.78. The number of hydrogen-bond donors (Lipinski definition) is 2. The fourth-order valence-electron chi connectivity index (χ4n) is 2.29. The van der Waals surface area contributed by atoms with Gasteiger partial charge in [-0.2, -0.15) is 0 Å². The third kappa shape index (κ3) is 2.59. The number of methoxy groups -OCH3 is 1. The molecule has 1 heterocycles. The first-order valence-electron chi connectivity index (χ1n) is 6.07. The minimum Gasteiger partial charge on any atom is -0.490 e. The number of nitrogens with two attached hydrogens (primary N) is 1. The van der Waals surface area contributed by atoms with Crippen LogP contribution in [0.1, 0.15) is 6.42 Å². The van der Waals surface area contributed by atoms with Crippen LogP contribution in [0.15, 0.2) is 12.1 Å². The molecule has 0 bridgehead atoms. The van der Waals surface area contributed by atoms with Crippen molar-refractivity contribution in [3.05, 3.63) is 28.1 Å². The van der Waals surface area contributed by atoms with Gasteiger partial charge in [0, 0.05) is 19.2 Å². The van der Waals surface area contributed by atoms with E-state index in [1.54, 1.807) is 0 Å². The molecule has 2 rings (SSSR count). The monoisotopic (exact) mass is 299 g/mol. The highest BCUT2D eigenvalue weighted by atomic mass is 19.1. The number of carbonyl (C=O) groups is 1. The Balaban J connectivity index is 2.38. The van der Waals surface area contributed by atoms with Crippen LogP contribution in [-0.4, -0.2) is 41.7 Å². The lowest BCUT2D eigenvalue weighted by atomic mass is 10.0. The molecule has 21 heavy (non-hydrogen) atoms. The first kappa shape index (κ1) is 15.0. The molecule has 1 fully saturated rings. The van der Waals surface area contributed by atoms with E-state index in [0.717, 1.165) is 6.07 Å². The average Bonchev–Trinajstić information content (AvgIpc) is 2.82. The quantitative estimate of drug-likeness (QED) is 0.621. The van der Waals surface area contributed by atoms with Crippen LogP contribution >= 0.6 is 0 Å². The number of anilines is 1. The Labute approximate surface area is 119 Å². The van der Waals surface area contributed by atoms with Gasteiger partial charge in [-0.25, -0.2) is 4.39 Å². The van der Waals surface area contributed by atoms with Crippen molar-refractivity contribution in [2.75, 3.05) is 25.1 Å². The molecule has 0 amide bonds. The van der Waals surface area contributed by atoms with E-state index in [4.69, 9.17) is 15.6 Å². The lowest BCUT2D eigenvalue weighted by Gasteiger charge is -2.22. The second-order valence-corrected chi connectivity index (χ2v) is 4.87. The number of carboxylic acids is 1. The zero-order valence-corrected chi connectivity index (χ0v) is 11.2. The third-order valence-corrected chi connectivity index (χ3v) is 3.51. The fraction of sp³-hybridized carbons (Fsp3) is 0.417. The second kappa shape index (κ2) is 5.17. The van der Waals surface area contributed by atoms with Gasteiger partial charge in [-0.1, -0.05) is 0 Å². The molecule has 3 N–H and O–H groups in total. The highest BCUT2D eigenvalue weighted by molar-refractivity contribution is 5.81. The van der Waals surface area contributed by atoms with Crippen LogP contribution in [0.2, 0.25) is 0 Å². The van der Waals surface area contributed by atoms with Gasteiger partial charge in [-0.05, 0) is 6.42 Å². The first-order valence-corrected chi connectivity index (χ1v) is 6.07. The molecular weight excluding hydrogens is 285 g/mol. The maximum absolute atomic E-state index is 14.0. The van der Waals surface area contributed by atoms with Gasteiger partial charge in [0.1, 0.15) is 5.54 Å². The lowest BCUT2D eigenvalue weighted by Crippen LogP contribution is -2.50. The van der Waals surface area contributed by atoms with Crippen LogP contribution < -0.4 is 15.4 Å². The Kier molecular flexibility index (Phi) is 3.69. The van der Waals surface area contributed by atoms with Crippen molar-refractivity contribution < 1.29 is 24.0 Å². The molecule has 1 saturated heterocycles. The van der Waals surface area contributed by atoms with Crippen LogP contribution in [0.3, 0.4) is 0 Å². The van der Waals surface area contributed by atoms with Gasteiger partial charge in [0.2, 0.25) is 0 Å². The van der Waals surface area contributed by atoms with Crippen LogP contribution in [-0.2, 0) is 4.79 Å². The predicted molar refractivity (Wildman–Crippen MR) is 71.0 cm³/mol. The van der Waals surface area contributed by atoms with Crippen molar-refractivity contribution in [1.29, 1.82) is 0 Å². The molecule has 0 aromatic heterocycles. The number of rotatable bonds is 4. The van der Waals surface area contributed by atoms with Crippen molar-refractivity contribution in [3.63, 3.8) is 0 Å². The molecule has 0 spiro atoms. The summed E-state index contributed by atoms with van der Waals surface area (Å²) >= 11 is 0. The van der Waals surface area contributed by atoms with E-state index in [0.29, 0.717) is 0 Å². The van der Waals surface area contributed by atoms with Crippen LogP contribution in [0.5, 0.6) is 5.75 Å². The summed E-state index contributed by atoms with van der Waals surface area (Å²) in [7, 11) is 1.23. The Hall–Kier alpha value is -2.42. The lowest BCUT2D eigenvalue weighted by molar-refractivity contribution is -0.385. The number of nitrogens with zero attached hydrogens (tertiary/aromatic N) is 2. The highest BCUT2D eigenvalue weighted by Crippen LogP contribution is 2.36. The molecule has 0 saturated carbocycles. The predicted octanol–water partition coefficient (Wildman–Crippen LogP) is 0.735. The van der Waals surface area contributed by atoms with Crippen LogP contribution in [0.25, 0.3) is 0 Å². The molecule has 1 aliphatic rings. The van der Waals surface area contributed by atoms with E-state index >= 15 is 0 Å². The number of benzene rings is 1. The highest BCUT2D eigenvalue weighted by Gasteiger charge is 2.42. The number of carboxylic acid groups (broad SMARTS) is 1. The molecule has 1 atom stereocenters. The Morgan fingerprint density at radius 3 is 2.76 bits per heavy atom. The zero-order chi connectivity index (χ0) is 15.8. The van der Waals surface area contributed by atoms with E-state index in [1.807, 2.05) is 0 Å². The summed E-state index contributed by atoms with van der Waals surface area (Å²) in [5.41, 5.74) is 3.81. The zero-order valence-electron chi connectivity index (χ0n) is 11.2. The SMILES string of the molecule is COc1cc(N2CCC(N)(C(=O)O)C2)c(F)cc1[N+](=O)[O-]. The molecule has 1 aromatic carbocycles. The molecule has 0 radical (unpaired) electrons. The molecule has 8 nitrogen and oxygen atoms in total. The number of nitro groups is 1. The summed E-state index contributed by atoms with van der Waals surface area (Å²) in [4.78, 5) is 22.6. The number of hydrogen-bond acceptors (Lipinski definition) is 6. The van der Waals surface area contributed by atoms with Gasteiger partial charge in [0.15, 0.2) is 11.6 Å². The number of aliphatic carboxylic acids is 1. The minimum absolute atomic E-state index is 0.0334. The Morgan fingerprint density at radius 1 is 1.62 bits per heavy atom. The van der Waals surface area contributed by atoms with Gasteiger partial charge in [-0.3, -0.25) is 14.9 Å². The maximum Gasteiger partial charge on any atom is 0.325 e. The van der Waals surface area contributed by atoms with Crippen LogP contribution in [0.4, 0.5) is 15.8 Å². The van der Waals surface area contributed by atoms with E-state index in [9.17, 15) is 19.3 Å². The van der Waals surface area contributed by atoms with Crippen molar-refractivity contribution >= 4 is 17.3 Å². The number of ether oxygens (including phenoxy) is 1. The van der Waals surface area contributed by atoms with Crippen molar-refractivity contribution in [1.82, 2.24) is 0 Å². The summed E-state index contributed by atoms with van der Waals surface area (Å²) in [6.45, 7) is 0.154. The Morgan fingerprint density at radius 2 is 2.29 bits per heavy atom. The van der Waals surface area contributed by atoms with Crippen LogP contribution in [0, 0.1) is 15.9 Å². The molecule has 0 aliphatic carbocycles. The topological polar surface area (TPSA) is 119 Å². The number of halogens is 1. The average molecular weight is 299 g/mol. The summed E-state index contributed by atoms with van der Waals surface area (Å²) in [5, 5.41) is 19.9. The second-order valence-electron chi connectivity index (χ2n) is 4.87. The summed E-state index contributed by atoms with van der Waals surface area (Å²) < 4.78 is 18.9. The Bertz CT molecular complexity index is 609. The molecular formula is C12H14FN3O5. The van der Waals surface area contributed by atoms with Gasteiger partial charge >= 0.3 is 11.7 Å². The normalized spacial score (nSPS) is 21.4. The van der Waals surface area contributed by atoms with Gasteiger partial charge in [0.25, 0.3) is 0 Å². The minimum atomic E-state index is -1.46. The van der Waals surface area contributed by atoms with E-state index < -0.39 is 27.9 Å². The molecule has 1 unspecified atom stereocenters. The number of nitro benzene ring substituents is 1. The van der Waals surface area contributed by atoms with E-state index in [2.05, 4.69) is 0 Å². The van der Waals surface area contributed by atoms with Crippen molar-refractivity contribution in [2.24, 2.45) is 5.73 Å². The van der Waals surface area contributed by atoms with E-state index in [1.165, 1.54) is 18.1 Å². The van der Waals surface area contributed by atoms with Gasteiger partial charge < -0.3 is 20.5 Å². The standard InChI is InChI=1S/C12H14FN3O5/c1-21-10-5-8(7(13)4-9(10)16(19)20)15-3-2-12(14,6-15)11(17)18/h4-5H,2-3,6,14H2,1H3,(H,17,18). The molecule has 1 aliphatic heterocycles. The summed E-state index contributed by atoms with van der Waals surface area (Å²) in [6, 6.07) is 1.94. The largest absolute Gasteiger partial charge is 0.490 e. The molecule has 9 heteroatoms. The smallest absolute Gasteiger partial charge is 0.325 e.